The molecule has 10 aromatic rings. The molecule has 0 aliphatic rings. The van der Waals surface area contributed by atoms with Gasteiger partial charge in [-0.15, -0.1) is 35.4 Å². The Morgan fingerprint density at radius 3 is 1.95 bits per heavy atom. The summed E-state index contributed by atoms with van der Waals surface area (Å²) in [6, 6.07) is 61.6. The van der Waals surface area contributed by atoms with Gasteiger partial charge in [-0.25, -0.2) is 0 Å². The van der Waals surface area contributed by atoms with Crippen molar-refractivity contribution < 1.29 is 32.7 Å². The van der Waals surface area contributed by atoms with Gasteiger partial charge in [-0.3, -0.25) is 4.98 Å². The zero-order valence-corrected chi connectivity index (χ0v) is 34.5. The zero-order chi connectivity index (χ0) is 44.4. The van der Waals surface area contributed by atoms with E-state index < -0.39 is 13.7 Å². The summed E-state index contributed by atoms with van der Waals surface area (Å²) in [6.45, 7) is -2.17. The molecule has 10 rings (SSSR count). The maximum absolute atomic E-state index is 7.28. The van der Waals surface area contributed by atoms with Crippen LogP contribution in [0.4, 0.5) is 0 Å². The van der Waals surface area contributed by atoms with Crippen LogP contribution in [0.5, 0.6) is 0 Å². The summed E-state index contributed by atoms with van der Waals surface area (Å²) in [5.74, 6) is 0.806. The Bertz CT molecular complexity index is 3080. The molecule has 0 aliphatic carbocycles. The standard InChI is InChI=1S/C41H29N2O.C13H12N.Ir/c1-28-23-33(31-15-7-3-8-16-31)40(34(24-28)32-17-9-4-10-18-32)43-38-20-12-11-19-37(38)42-41(43)36-27-44-39-22-21-30(26-35(36)39)25-29-13-5-2-6-14-29;1-10-3-6-12(7-4-10)13-8-5-11(2)9-14-13;/h2-24,26H,25H2,1H3;3-6,8-9H,1-2H3;/q2*-1;/i;1D3,2D3;. The zero-order valence-electron chi connectivity index (χ0n) is 38.1. The number of hydrogen-bond donors (Lipinski definition) is 0. The summed E-state index contributed by atoms with van der Waals surface area (Å²) < 4.78 is 52.0. The summed E-state index contributed by atoms with van der Waals surface area (Å²) in [5, 5.41) is 1.00. The molecule has 1 radical (unpaired) electrons. The quantitative estimate of drug-likeness (QED) is 0.150. The van der Waals surface area contributed by atoms with Crippen LogP contribution in [0.15, 0.2) is 187 Å². The maximum atomic E-state index is 7.28. The van der Waals surface area contributed by atoms with Crippen LogP contribution in [0.25, 0.3) is 72.6 Å². The van der Waals surface area contributed by atoms with Crippen LogP contribution in [0.2, 0.25) is 0 Å². The molecule has 7 aromatic carbocycles. The van der Waals surface area contributed by atoms with Gasteiger partial charge in [0.1, 0.15) is 0 Å². The number of furan rings is 1. The third kappa shape index (κ3) is 8.35. The first-order valence-corrected chi connectivity index (χ1v) is 19.1. The normalized spacial score (nSPS) is 12.8. The average molecular weight is 946 g/mol. The molecule has 3 heterocycles. The average Bonchev–Trinajstić information content (AvgIpc) is 3.91. The number of imidazole rings is 1. The second-order valence-electron chi connectivity index (χ2n) is 14.2. The second-order valence-corrected chi connectivity index (χ2v) is 14.2. The number of fused-ring (bicyclic) bond motifs is 2. The molecular formula is C54H41IrN3O-2. The minimum atomic E-state index is -2.18. The van der Waals surface area contributed by atoms with Crippen LogP contribution in [0.1, 0.15) is 36.0 Å². The van der Waals surface area contributed by atoms with Crippen molar-refractivity contribution in [3.8, 4) is 50.6 Å². The van der Waals surface area contributed by atoms with Gasteiger partial charge in [-0.1, -0.05) is 157 Å². The molecule has 0 unspecified atom stereocenters. The molecule has 289 valence electrons. The minimum absolute atomic E-state index is 0. The molecule has 0 saturated heterocycles. The maximum Gasteiger partial charge on any atom is 0.0774 e. The molecule has 0 fully saturated rings. The second kappa shape index (κ2) is 17.5. The number of aryl methyl sites for hydroxylation is 3. The number of aromatic nitrogens is 3. The van der Waals surface area contributed by atoms with Crippen LogP contribution >= 0.6 is 0 Å². The van der Waals surface area contributed by atoms with E-state index in [0.717, 1.165) is 67.8 Å². The summed E-state index contributed by atoms with van der Waals surface area (Å²) >= 11 is 0. The summed E-state index contributed by atoms with van der Waals surface area (Å²) in [4.78, 5) is 9.33. The van der Waals surface area contributed by atoms with Gasteiger partial charge < -0.3 is 14.0 Å². The van der Waals surface area contributed by atoms with E-state index in [1.54, 1.807) is 12.1 Å². The third-order valence-electron chi connectivity index (χ3n) is 10.1. The summed E-state index contributed by atoms with van der Waals surface area (Å²) in [5.41, 5.74) is 14.5. The van der Waals surface area contributed by atoms with Gasteiger partial charge >= 0.3 is 0 Å². The fourth-order valence-corrected chi connectivity index (χ4v) is 7.38. The molecule has 0 saturated carbocycles. The third-order valence-corrected chi connectivity index (χ3v) is 10.1. The molecule has 0 aliphatic heterocycles. The molecular weight excluding hydrogens is 899 g/mol. The Labute approximate surface area is 367 Å². The minimum Gasteiger partial charge on any atom is -0.557 e. The number of benzene rings is 7. The fourth-order valence-electron chi connectivity index (χ4n) is 7.38. The molecule has 0 bridgehead atoms. The van der Waals surface area contributed by atoms with E-state index in [9.17, 15) is 0 Å². The van der Waals surface area contributed by atoms with E-state index in [-0.39, 0.29) is 31.2 Å². The molecule has 0 atom stereocenters. The van der Waals surface area contributed by atoms with Crippen LogP contribution < -0.4 is 0 Å². The van der Waals surface area contributed by atoms with E-state index in [4.69, 9.17) is 17.6 Å². The van der Waals surface area contributed by atoms with Gasteiger partial charge in [0.05, 0.1) is 22.5 Å². The van der Waals surface area contributed by atoms with Crippen molar-refractivity contribution in [2.45, 2.75) is 27.0 Å². The van der Waals surface area contributed by atoms with Gasteiger partial charge in [0.2, 0.25) is 0 Å². The summed E-state index contributed by atoms with van der Waals surface area (Å²) in [7, 11) is 0. The van der Waals surface area contributed by atoms with E-state index >= 15 is 0 Å². The molecule has 3 aromatic heterocycles. The molecule has 5 heteroatoms. The topological polar surface area (TPSA) is 43.9 Å². The Hall–Kier alpha value is -6.65. The number of rotatable bonds is 7. The van der Waals surface area contributed by atoms with Crippen LogP contribution in [-0.4, -0.2) is 14.5 Å². The first kappa shape index (κ1) is 32.3. The van der Waals surface area contributed by atoms with Crippen molar-refractivity contribution in [1.82, 2.24) is 14.5 Å². The molecule has 59 heavy (non-hydrogen) atoms. The van der Waals surface area contributed by atoms with Gasteiger partial charge in [-0.05, 0) is 78.0 Å². The largest absolute Gasteiger partial charge is 0.557 e. The Balaban J connectivity index is 0.000000232. The number of para-hydroxylation sites is 2. The monoisotopic (exact) mass is 946 g/mol. The first-order valence-electron chi connectivity index (χ1n) is 22.1. The Kier molecular flexibility index (Phi) is 9.56. The van der Waals surface area contributed by atoms with E-state index in [1.165, 1.54) is 41.1 Å². The molecule has 0 amide bonds. The summed E-state index contributed by atoms with van der Waals surface area (Å²) in [6.07, 6.45) is 5.40. The number of hydrogen-bond acceptors (Lipinski definition) is 3. The van der Waals surface area contributed by atoms with Crippen LogP contribution in [0, 0.1) is 33.0 Å². The van der Waals surface area contributed by atoms with Gasteiger partial charge in [0.25, 0.3) is 0 Å². The van der Waals surface area contributed by atoms with Crippen LogP contribution in [-0.2, 0) is 26.5 Å². The van der Waals surface area contributed by atoms with Crippen molar-refractivity contribution in [3.05, 3.63) is 222 Å². The Morgan fingerprint density at radius 1 is 0.644 bits per heavy atom. The van der Waals surface area contributed by atoms with Gasteiger partial charge in [0.15, 0.2) is 0 Å². The van der Waals surface area contributed by atoms with Gasteiger partial charge in [0, 0.05) is 57.5 Å². The molecule has 4 nitrogen and oxygen atoms in total. The first-order chi connectivity index (χ1) is 30.9. The van der Waals surface area contributed by atoms with Gasteiger partial charge in [-0.2, -0.15) is 0 Å². The fraction of sp³-hybridized carbons (Fsp3) is 0.0741. The van der Waals surface area contributed by atoms with Crippen LogP contribution in [0.3, 0.4) is 0 Å². The molecule has 0 spiro atoms. The molecule has 0 N–H and O–H groups in total. The Morgan fingerprint density at radius 2 is 1.31 bits per heavy atom. The number of nitrogens with zero attached hydrogens (tertiary/aromatic N) is 3. The SMILES string of the molecule is Cc1cc(-c2ccccc2)c(-n2c(-c3[c-]oc4ccc(Cc5ccccc5)cc34)nc3ccccc32)c(-c2ccccc2)c1.[2H]C([2H])([2H])c1c[c-]c(-c2ccc(C([2H])([2H])[2H])cn2)cc1.[Ir]. The van der Waals surface area contributed by atoms with Crippen molar-refractivity contribution in [1.29, 1.82) is 0 Å². The van der Waals surface area contributed by atoms with Crippen molar-refractivity contribution in [2.75, 3.05) is 0 Å². The van der Waals surface area contributed by atoms with E-state index in [1.807, 2.05) is 6.07 Å². The predicted octanol–water partition coefficient (Wildman–Crippen LogP) is 13.6. The van der Waals surface area contributed by atoms with E-state index in [2.05, 4.69) is 168 Å². The number of pyridine rings is 1. The van der Waals surface area contributed by atoms with E-state index in [0.29, 0.717) is 11.3 Å². The predicted molar refractivity (Wildman–Crippen MR) is 238 cm³/mol. The smallest absolute Gasteiger partial charge is 0.0774 e. The van der Waals surface area contributed by atoms with Crippen molar-refractivity contribution in [2.24, 2.45) is 0 Å². The van der Waals surface area contributed by atoms with Crippen molar-refractivity contribution >= 4 is 22.0 Å². The van der Waals surface area contributed by atoms with Crippen molar-refractivity contribution in [3.63, 3.8) is 0 Å².